The number of halogens is 1. The zero-order chi connectivity index (χ0) is 17.7. The number of oxime groups is 1. The predicted molar refractivity (Wildman–Crippen MR) is 107 cm³/mol. The van der Waals surface area contributed by atoms with E-state index in [0.717, 1.165) is 49.2 Å². The summed E-state index contributed by atoms with van der Waals surface area (Å²) in [4.78, 5) is 8.16. The summed E-state index contributed by atoms with van der Waals surface area (Å²) < 4.78 is 1.10. The van der Waals surface area contributed by atoms with Crippen molar-refractivity contribution in [2.45, 2.75) is 45.1 Å². The van der Waals surface area contributed by atoms with Gasteiger partial charge in [-0.05, 0) is 83.4 Å². The van der Waals surface area contributed by atoms with Gasteiger partial charge in [0.25, 0.3) is 0 Å². The van der Waals surface area contributed by atoms with Crippen LogP contribution in [-0.4, -0.2) is 48.9 Å². The molecular formula is C20H30BrN3O. The van der Waals surface area contributed by atoms with Crippen LogP contribution >= 0.6 is 15.9 Å². The van der Waals surface area contributed by atoms with E-state index in [1.54, 1.807) is 0 Å². The molecule has 4 nitrogen and oxygen atoms in total. The number of nitrogens with zero attached hydrogens (tertiary/aromatic N) is 2. The first kappa shape index (κ1) is 18.9. The summed E-state index contributed by atoms with van der Waals surface area (Å²) in [5, 5.41) is 7.98. The second-order valence-corrected chi connectivity index (χ2v) is 8.33. The number of likely N-dealkylation sites (tertiary alicyclic amines) is 1. The predicted octanol–water partition coefficient (Wildman–Crippen LogP) is 4.04. The van der Waals surface area contributed by atoms with Crippen LogP contribution in [0, 0.1) is 5.92 Å². The van der Waals surface area contributed by atoms with Crippen molar-refractivity contribution in [3.05, 3.63) is 34.3 Å². The second kappa shape index (κ2) is 8.65. The molecule has 138 valence electrons. The van der Waals surface area contributed by atoms with E-state index in [9.17, 15) is 0 Å². The van der Waals surface area contributed by atoms with Crippen LogP contribution in [0.15, 0.2) is 33.9 Å². The van der Waals surface area contributed by atoms with Crippen molar-refractivity contribution in [1.82, 2.24) is 10.2 Å². The Kier molecular flexibility index (Phi) is 6.53. The average molecular weight is 410 g/mol. The SMILES string of the molecule is CCO/N=C(\c1ccc(Br)cc1)C1CCN(C2(C)CCN[14CH2]C2)CC1. The van der Waals surface area contributed by atoms with Crippen LogP contribution in [0.4, 0.5) is 0 Å². The van der Waals surface area contributed by atoms with Crippen LogP contribution in [0.25, 0.3) is 0 Å². The van der Waals surface area contributed by atoms with Crippen molar-refractivity contribution >= 4 is 21.6 Å². The summed E-state index contributed by atoms with van der Waals surface area (Å²) in [5.74, 6) is 0.481. The van der Waals surface area contributed by atoms with Crippen LogP contribution in [0.5, 0.6) is 0 Å². The van der Waals surface area contributed by atoms with E-state index < -0.39 is 0 Å². The van der Waals surface area contributed by atoms with Crippen LogP contribution in [-0.2, 0) is 4.84 Å². The van der Waals surface area contributed by atoms with Crippen LogP contribution in [0.3, 0.4) is 0 Å². The molecule has 2 saturated heterocycles. The van der Waals surface area contributed by atoms with Gasteiger partial charge in [-0.3, -0.25) is 4.90 Å². The third-order valence-corrected chi connectivity index (χ3v) is 6.29. The molecule has 0 bridgehead atoms. The van der Waals surface area contributed by atoms with Gasteiger partial charge < -0.3 is 10.2 Å². The molecule has 0 radical (unpaired) electrons. The maximum atomic E-state index is 5.45. The number of nitrogens with one attached hydrogen (secondary N) is 1. The van der Waals surface area contributed by atoms with Crippen molar-refractivity contribution in [2.24, 2.45) is 11.1 Å². The largest absolute Gasteiger partial charge is 0.396 e. The number of hydrogen-bond acceptors (Lipinski definition) is 4. The van der Waals surface area contributed by atoms with Crippen LogP contribution in [0.1, 0.15) is 45.1 Å². The number of rotatable bonds is 5. The van der Waals surface area contributed by atoms with Gasteiger partial charge in [0.1, 0.15) is 6.61 Å². The van der Waals surface area contributed by atoms with Crippen molar-refractivity contribution in [2.75, 3.05) is 32.8 Å². The lowest BCUT2D eigenvalue weighted by Gasteiger charge is -2.47. The van der Waals surface area contributed by atoms with Gasteiger partial charge in [0, 0.05) is 15.9 Å². The van der Waals surface area contributed by atoms with E-state index in [4.69, 9.17) is 4.84 Å². The molecule has 1 atom stereocenters. The lowest BCUT2D eigenvalue weighted by Crippen LogP contribution is -2.55. The Morgan fingerprint density at radius 3 is 2.68 bits per heavy atom. The van der Waals surface area contributed by atoms with Gasteiger partial charge in [-0.15, -0.1) is 0 Å². The Morgan fingerprint density at radius 1 is 1.36 bits per heavy atom. The van der Waals surface area contributed by atoms with Crippen molar-refractivity contribution in [3.63, 3.8) is 0 Å². The first-order valence-corrected chi connectivity index (χ1v) is 10.3. The molecule has 0 saturated carbocycles. The highest BCUT2D eigenvalue weighted by Crippen LogP contribution is 2.32. The molecule has 2 aliphatic heterocycles. The van der Waals surface area contributed by atoms with E-state index in [-0.39, 0.29) is 0 Å². The zero-order valence-electron chi connectivity index (χ0n) is 15.4. The number of benzene rings is 1. The summed E-state index contributed by atoms with van der Waals surface area (Å²) in [7, 11) is 0. The van der Waals surface area contributed by atoms with Gasteiger partial charge in [0.2, 0.25) is 0 Å². The standard InChI is InChI=1S/C20H30BrN3O/c1-3-25-23-19(16-4-6-18(21)7-5-16)17-8-14-24(15-9-17)20(2)10-12-22-13-11-20/h4-7,17,22H,3,8-15H2,1-2H3/b23-19+/i12+2. The van der Waals surface area contributed by atoms with E-state index >= 15 is 0 Å². The summed E-state index contributed by atoms with van der Waals surface area (Å²) >= 11 is 3.52. The van der Waals surface area contributed by atoms with E-state index in [1.165, 1.54) is 18.4 Å². The van der Waals surface area contributed by atoms with Crippen molar-refractivity contribution < 1.29 is 4.84 Å². The monoisotopic (exact) mass is 409 g/mol. The summed E-state index contributed by atoms with van der Waals surface area (Å²) in [6.07, 6.45) is 4.82. The Balaban J connectivity index is 1.68. The summed E-state index contributed by atoms with van der Waals surface area (Å²) in [6.45, 7) is 9.65. The smallest absolute Gasteiger partial charge is 0.114 e. The minimum Gasteiger partial charge on any atom is -0.396 e. The fourth-order valence-electron chi connectivity index (χ4n) is 4.09. The molecule has 0 aromatic heterocycles. The van der Waals surface area contributed by atoms with Crippen molar-refractivity contribution in [3.8, 4) is 0 Å². The average Bonchev–Trinajstić information content (AvgIpc) is 2.64. The Hall–Kier alpha value is -0.910. The number of hydrogen-bond donors (Lipinski definition) is 1. The maximum Gasteiger partial charge on any atom is 0.114 e. The first-order chi connectivity index (χ1) is 12.1. The highest BCUT2D eigenvalue weighted by Gasteiger charge is 2.36. The molecule has 1 unspecified atom stereocenters. The lowest BCUT2D eigenvalue weighted by atomic mass is 9.84. The fourth-order valence-corrected chi connectivity index (χ4v) is 4.36. The first-order valence-electron chi connectivity index (χ1n) is 9.54. The minimum atomic E-state index is 0.366. The molecule has 5 heteroatoms. The Morgan fingerprint density at radius 2 is 2.08 bits per heavy atom. The molecule has 3 rings (SSSR count). The summed E-state index contributed by atoms with van der Waals surface area (Å²) in [5.41, 5.74) is 2.66. The van der Waals surface area contributed by atoms with Gasteiger partial charge >= 0.3 is 0 Å². The molecule has 2 fully saturated rings. The molecule has 2 heterocycles. The second-order valence-electron chi connectivity index (χ2n) is 7.41. The molecule has 2 aliphatic rings. The quantitative estimate of drug-likeness (QED) is 0.588. The lowest BCUT2D eigenvalue weighted by molar-refractivity contribution is 0.0466. The Labute approximate surface area is 160 Å². The molecule has 1 aromatic carbocycles. The van der Waals surface area contributed by atoms with Crippen LogP contribution < -0.4 is 5.32 Å². The van der Waals surface area contributed by atoms with Crippen LogP contribution in [0.2, 0.25) is 0 Å². The fraction of sp³-hybridized carbons (Fsp3) is 0.650. The highest BCUT2D eigenvalue weighted by atomic mass is 79.9. The molecule has 0 amide bonds. The maximum absolute atomic E-state index is 5.45. The highest BCUT2D eigenvalue weighted by molar-refractivity contribution is 9.10. The molecule has 1 aromatic rings. The third-order valence-electron chi connectivity index (χ3n) is 5.76. The van der Waals surface area contributed by atoms with Gasteiger partial charge in [-0.2, -0.15) is 0 Å². The number of piperidine rings is 2. The van der Waals surface area contributed by atoms with Gasteiger partial charge in [-0.1, -0.05) is 33.2 Å². The van der Waals surface area contributed by atoms with Gasteiger partial charge in [-0.25, -0.2) is 0 Å². The summed E-state index contributed by atoms with van der Waals surface area (Å²) in [6, 6.07) is 8.45. The zero-order valence-corrected chi connectivity index (χ0v) is 17.0. The van der Waals surface area contributed by atoms with Gasteiger partial charge in [0.05, 0.1) is 5.71 Å². The topological polar surface area (TPSA) is 36.9 Å². The van der Waals surface area contributed by atoms with Gasteiger partial charge in [0.15, 0.2) is 0 Å². The van der Waals surface area contributed by atoms with E-state index in [0.29, 0.717) is 18.1 Å². The normalized spacial score (nSPS) is 26.6. The molecule has 0 spiro atoms. The van der Waals surface area contributed by atoms with E-state index in [1.807, 2.05) is 6.92 Å². The van der Waals surface area contributed by atoms with E-state index in [2.05, 4.69) is 62.5 Å². The molecule has 0 aliphatic carbocycles. The minimum absolute atomic E-state index is 0.366. The van der Waals surface area contributed by atoms with Crippen molar-refractivity contribution in [1.29, 1.82) is 0 Å². The third kappa shape index (κ3) is 4.63. The molecule has 25 heavy (non-hydrogen) atoms. The Bertz CT molecular complexity index is 573. The molecular weight excluding hydrogens is 380 g/mol. The molecule has 1 N–H and O–H groups in total.